The molecule has 0 bridgehead atoms. The number of benzene rings is 1. The summed E-state index contributed by atoms with van der Waals surface area (Å²) < 4.78 is 13.5. The van der Waals surface area contributed by atoms with Gasteiger partial charge in [-0.05, 0) is 36.5 Å². The van der Waals surface area contributed by atoms with Crippen LogP contribution in [0, 0.1) is 5.82 Å². The van der Waals surface area contributed by atoms with Crippen molar-refractivity contribution in [3.05, 3.63) is 34.1 Å². The first-order chi connectivity index (χ1) is 6.20. The van der Waals surface area contributed by atoms with Crippen molar-refractivity contribution in [1.29, 1.82) is 0 Å². The summed E-state index contributed by atoms with van der Waals surface area (Å²) in [5.74, 6) is -0.283. The van der Waals surface area contributed by atoms with E-state index in [1.165, 1.54) is 0 Å². The molecule has 13 heavy (non-hydrogen) atoms. The third kappa shape index (κ3) is 1.45. The van der Waals surface area contributed by atoms with Gasteiger partial charge in [-0.25, -0.2) is 4.39 Å². The summed E-state index contributed by atoms with van der Waals surface area (Å²) in [7, 11) is 0. The number of nitrogens with two attached hydrogens (primary N) is 1. The van der Waals surface area contributed by atoms with Gasteiger partial charge in [0, 0.05) is 6.04 Å². The second-order valence-corrected chi connectivity index (χ2v) is 3.84. The van der Waals surface area contributed by atoms with Gasteiger partial charge in [-0.3, -0.25) is 0 Å². The van der Waals surface area contributed by atoms with Crippen LogP contribution >= 0.6 is 11.6 Å². The smallest absolute Gasteiger partial charge is 0.145 e. The third-order valence-corrected chi connectivity index (χ3v) is 2.87. The Morgan fingerprint density at radius 3 is 3.00 bits per heavy atom. The van der Waals surface area contributed by atoms with Gasteiger partial charge >= 0.3 is 0 Å². The SMILES string of the molecule is NC1CCCc2c1ccc(Cl)c2F. The van der Waals surface area contributed by atoms with E-state index < -0.39 is 0 Å². The Balaban J connectivity index is 2.56. The van der Waals surface area contributed by atoms with Crippen LogP contribution in [0.2, 0.25) is 5.02 Å². The van der Waals surface area contributed by atoms with E-state index in [1.54, 1.807) is 6.07 Å². The van der Waals surface area contributed by atoms with Crippen LogP contribution in [0.5, 0.6) is 0 Å². The molecular weight excluding hydrogens is 189 g/mol. The van der Waals surface area contributed by atoms with Crippen molar-refractivity contribution in [2.75, 3.05) is 0 Å². The zero-order chi connectivity index (χ0) is 9.42. The number of halogens is 2. The van der Waals surface area contributed by atoms with Crippen molar-refractivity contribution in [2.24, 2.45) is 5.73 Å². The van der Waals surface area contributed by atoms with Crippen molar-refractivity contribution >= 4 is 11.6 Å². The molecular formula is C10H11ClFN. The highest BCUT2D eigenvalue weighted by molar-refractivity contribution is 6.30. The second kappa shape index (κ2) is 3.28. The zero-order valence-electron chi connectivity index (χ0n) is 7.19. The van der Waals surface area contributed by atoms with Crippen LogP contribution < -0.4 is 5.73 Å². The summed E-state index contributed by atoms with van der Waals surface area (Å²) >= 11 is 5.68. The maximum absolute atomic E-state index is 13.5. The molecule has 0 saturated carbocycles. The highest BCUT2D eigenvalue weighted by Crippen LogP contribution is 2.32. The van der Waals surface area contributed by atoms with Gasteiger partial charge in [-0.15, -0.1) is 0 Å². The van der Waals surface area contributed by atoms with Crippen molar-refractivity contribution < 1.29 is 4.39 Å². The van der Waals surface area contributed by atoms with E-state index in [0.29, 0.717) is 5.56 Å². The van der Waals surface area contributed by atoms with Gasteiger partial charge in [0.15, 0.2) is 0 Å². The molecule has 0 radical (unpaired) electrons. The van der Waals surface area contributed by atoms with Crippen LogP contribution in [0.1, 0.15) is 30.0 Å². The molecule has 0 amide bonds. The van der Waals surface area contributed by atoms with Crippen LogP contribution in [-0.2, 0) is 6.42 Å². The Morgan fingerprint density at radius 2 is 2.23 bits per heavy atom. The largest absolute Gasteiger partial charge is 0.324 e. The van der Waals surface area contributed by atoms with Crippen LogP contribution in [0.15, 0.2) is 12.1 Å². The molecule has 2 rings (SSSR count). The van der Waals surface area contributed by atoms with Gasteiger partial charge in [0.25, 0.3) is 0 Å². The highest BCUT2D eigenvalue weighted by atomic mass is 35.5. The number of hydrogen-bond acceptors (Lipinski definition) is 1. The molecule has 0 saturated heterocycles. The van der Waals surface area contributed by atoms with Crippen LogP contribution in [0.4, 0.5) is 4.39 Å². The van der Waals surface area contributed by atoms with Gasteiger partial charge in [-0.1, -0.05) is 17.7 Å². The molecule has 0 spiro atoms. The first-order valence-electron chi connectivity index (χ1n) is 4.42. The molecule has 1 aliphatic rings. The molecule has 0 aliphatic heterocycles. The summed E-state index contributed by atoms with van der Waals surface area (Å²) in [6.45, 7) is 0. The van der Waals surface area contributed by atoms with Gasteiger partial charge in [0.1, 0.15) is 5.82 Å². The monoisotopic (exact) mass is 199 g/mol. The number of fused-ring (bicyclic) bond motifs is 1. The van der Waals surface area contributed by atoms with Crippen molar-refractivity contribution in [3.63, 3.8) is 0 Å². The normalized spacial score (nSPS) is 21.3. The lowest BCUT2D eigenvalue weighted by molar-refractivity contribution is 0.532. The average Bonchev–Trinajstić information content (AvgIpc) is 2.12. The quantitative estimate of drug-likeness (QED) is 0.683. The number of rotatable bonds is 0. The van der Waals surface area contributed by atoms with E-state index in [9.17, 15) is 4.39 Å². The molecule has 1 aliphatic carbocycles. The number of hydrogen-bond donors (Lipinski definition) is 1. The Kier molecular flexibility index (Phi) is 2.26. The highest BCUT2D eigenvalue weighted by Gasteiger charge is 2.20. The summed E-state index contributed by atoms with van der Waals surface area (Å²) in [6.07, 6.45) is 2.65. The first kappa shape index (κ1) is 8.97. The molecule has 1 aromatic carbocycles. The standard InChI is InChI=1S/C10H11ClFN/c11-8-5-4-6-7(10(8)12)2-1-3-9(6)13/h4-5,9H,1-3,13H2. The van der Waals surface area contributed by atoms with E-state index in [4.69, 9.17) is 17.3 Å². The Bertz CT molecular complexity index is 338. The third-order valence-electron chi connectivity index (χ3n) is 2.57. The van der Waals surface area contributed by atoms with Crippen molar-refractivity contribution in [1.82, 2.24) is 0 Å². The molecule has 1 atom stereocenters. The molecule has 1 unspecified atom stereocenters. The topological polar surface area (TPSA) is 26.0 Å². The van der Waals surface area contributed by atoms with E-state index in [1.807, 2.05) is 6.07 Å². The Labute approximate surface area is 81.7 Å². The lowest BCUT2D eigenvalue weighted by Gasteiger charge is -2.22. The minimum Gasteiger partial charge on any atom is -0.324 e. The van der Waals surface area contributed by atoms with Crippen molar-refractivity contribution in [3.8, 4) is 0 Å². The van der Waals surface area contributed by atoms with Gasteiger partial charge in [0.05, 0.1) is 5.02 Å². The maximum atomic E-state index is 13.5. The zero-order valence-corrected chi connectivity index (χ0v) is 7.94. The second-order valence-electron chi connectivity index (χ2n) is 3.43. The Morgan fingerprint density at radius 1 is 1.46 bits per heavy atom. The molecule has 0 aromatic heterocycles. The first-order valence-corrected chi connectivity index (χ1v) is 4.80. The van der Waals surface area contributed by atoms with Crippen LogP contribution in [0.25, 0.3) is 0 Å². The summed E-state index contributed by atoms with van der Waals surface area (Å²) in [5.41, 5.74) is 7.49. The fourth-order valence-electron chi connectivity index (χ4n) is 1.86. The van der Waals surface area contributed by atoms with E-state index in [0.717, 1.165) is 24.8 Å². The van der Waals surface area contributed by atoms with E-state index >= 15 is 0 Å². The van der Waals surface area contributed by atoms with Gasteiger partial charge < -0.3 is 5.73 Å². The Hall–Kier alpha value is -0.600. The van der Waals surface area contributed by atoms with Gasteiger partial charge in [-0.2, -0.15) is 0 Å². The molecule has 1 nitrogen and oxygen atoms in total. The van der Waals surface area contributed by atoms with E-state index in [2.05, 4.69) is 0 Å². The van der Waals surface area contributed by atoms with E-state index in [-0.39, 0.29) is 16.9 Å². The van der Waals surface area contributed by atoms with Crippen molar-refractivity contribution in [2.45, 2.75) is 25.3 Å². The molecule has 3 heteroatoms. The molecule has 0 fully saturated rings. The summed E-state index contributed by atoms with van der Waals surface area (Å²) in [5, 5.41) is 0.202. The fourth-order valence-corrected chi connectivity index (χ4v) is 2.04. The predicted octanol–water partition coefficient (Wildman–Crippen LogP) is 2.82. The lowest BCUT2D eigenvalue weighted by atomic mass is 9.88. The van der Waals surface area contributed by atoms with Gasteiger partial charge in [0.2, 0.25) is 0 Å². The average molecular weight is 200 g/mol. The minimum atomic E-state index is -0.283. The molecule has 1 aromatic rings. The van der Waals surface area contributed by atoms with Crippen LogP contribution in [-0.4, -0.2) is 0 Å². The van der Waals surface area contributed by atoms with Crippen LogP contribution in [0.3, 0.4) is 0 Å². The molecule has 2 N–H and O–H groups in total. The predicted molar refractivity (Wildman–Crippen MR) is 51.3 cm³/mol. The molecule has 0 heterocycles. The molecule has 70 valence electrons. The minimum absolute atomic E-state index is 0.0180. The maximum Gasteiger partial charge on any atom is 0.145 e. The summed E-state index contributed by atoms with van der Waals surface area (Å²) in [4.78, 5) is 0. The fraction of sp³-hybridized carbons (Fsp3) is 0.400. The lowest BCUT2D eigenvalue weighted by Crippen LogP contribution is -2.18. The summed E-state index contributed by atoms with van der Waals surface area (Å²) in [6, 6.07) is 3.40.